The molecule has 2 unspecified atom stereocenters. The highest BCUT2D eigenvalue weighted by Gasteiger charge is 2.34. The van der Waals surface area contributed by atoms with Gasteiger partial charge < -0.3 is 0 Å². The zero-order valence-corrected chi connectivity index (χ0v) is 13.7. The summed E-state index contributed by atoms with van der Waals surface area (Å²) in [7, 11) is 0. The SMILES string of the molecule is CCCCC1CCC([C@H]2CC[C@H](CCC)CC2)CC1=O. The topological polar surface area (TPSA) is 17.1 Å². The molecule has 2 saturated carbocycles. The first-order valence-corrected chi connectivity index (χ1v) is 9.27. The first-order valence-electron chi connectivity index (χ1n) is 9.27. The van der Waals surface area contributed by atoms with Crippen LogP contribution in [0.3, 0.4) is 0 Å². The molecular weight excluding hydrogens is 244 g/mol. The number of carbonyl (C=O) groups excluding carboxylic acids is 1. The third-order valence-corrected chi connectivity index (χ3v) is 5.97. The van der Waals surface area contributed by atoms with Crippen LogP contribution in [0.4, 0.5) is 0 Å². The molecule has 0 amide bonds. The summed E-state index contributed by atoms with van der Waals surface area (Å²) in [6, 6.07) is 0. The fraction of sp³-hybridized carbons (Fsp3) is 0.947. The molecule has 0 bridgehead atoms. The summed E-state index contributed by atoms with van der Waals surface area (Å²) >= 11 is 0. The number of hydrogen-bond donors (Lipinski definition) is 0. The minimum absolute atomic E-state index is 0.419. The smallest absolute Gasteiger partial charge is 0.136 e. The number of unbranched alkanes of at least 4 members (excludes halogenated alkanes) is 1. The van der Waals surface area contributed by atoms with Crippen molar-refractivity contribution in [2.24, 2.45) is 23.7 Å². The van der Waals surface area contributed by atoms with E-state index in [-0.39, 0.29) is 0 Å². The highest BCUT2D eigenvalue weighted by atomic mass is 16.1. The van der Waals surface area contributed by atoms with Crippen molar-refractivity contribution < 1.29 is 4.79 Å². The Kier molecular flexibility index (Phi) is 6.58. The summed E-state index contributed by atoms with van der Waals surface area (Å²) in [5, 5.41) is 0. The van der Waals surface area contributed by atoms with Crippen LogP contribution in [0.1, 0.15) is 90.9 Å². The van der Waals surface area contributed by atoms with Gasteiger partial charge in [0, 0.05) is 12.3 Å². The Bertz CT molecular complexity index is 288. The van der Waals surface area contributed by atoms with Crippen molar-refractivity contribution in [2.45, 2.75) is 90.9 Å². The standard InChI is InChI=1S/C19H34O/c1-3-5-7-17-12-13-18(14-19(17)20)16-10-8-15(6-4-2)9-11-16/h15-18H,3-14H2,1-2H3/t15-,16-,17?,18?. The van der Waals surface area contributed by atoms with Gasteiger partial charge in [-0.05, 0) is 49.9 Å². The van der Waals surface area contributed by atoms with Crippen molar-refractivity contribution in [2.75, 3.05) is 0 Å². The molecule has 0 aliphatic heterocycles. The molecule has 2 aliphatic rings. The molecule has 0 N–H and O–H groups in total. The second kappa shape index (κ2) is 8.20. The number of rotatable bonds is 6. The van der Waals surface area contributed by atoms with E-state index in [1.807, 2.05) is 0 Å². The maximum Gasteiger partial charge on any atom is 0.136 e. The molecule has 1 nitrogen and oxygen atoms in total. The van der Waals surface area contributed by atoms with Gasteiger partial charge in [0.25, 0.3) is 0 Å². The van der Waals surface area contributed by atoms with Gasteiger partial charge in [0.2, 0.25) is 0 Å². The van der Waals surface area contributed by atoms with Gasteiger partial charge in [-0.3, -0.25) is 4.79 Å². The first kappa shape index (κ1) is 16.0. The Hall–Kier alpha value is -0.330. The predicted octanol–water partition coefficient (Wildman–Crippen LogP) is 5.77. The number of hydrogen-bond acceptors (Lipinski definition) is 1. The molecular formula is C19H34O. The molecule has 116 valence electrons. The summed E-state index contributed by atoms with van der Waals surface area (Å²) in [5.74, 6) is 3.63. The Morgan fingerprint density at radius 2 is 1.55 bits per heavy atom. The van der Waals surface area contributed by atoms with E-state index in [1.165, 1.54) is 64.2 Å². The van der Waals surface area contributed by atoms with Gasteiger partial charge in [-0.2, -0.15) is 0 Å². The van der Waals surface area contributed by atoms with Gasteiger partial charge in [0.05, 0.1) is 0 Å². The Morgan fingerprint density at radius 1 is 0.850 bits per heavy atom. The fourth-order valence-electron chi connectivity index (χ4n) is 4.62. The molecule has 0 radical (unpaired) electrons. The molecule has 2 fully saturated rings. The lowest BCUT2D eigenvalue weighted by atomic mass is 9.68. The molecule has 2 atom stereocenters. The van der Waals surface area contributed by atoms with E-state index in [1.54, 1.807) is 0 Å². The molecule has 2 rings (SSSR count). The number of ketones is 1. The van der Waals surface area contributed by atoms with Crippen molar-refractivity contribution in [3.8, 4) is 0 Å². The van der Waals surface area contributed by atoms with Gasteiger partial charge in [-0.1, -0.05) is 52.4 Å². The van der Waals surface area contributed by atoms with Gasteiger partial charge in [-0.15, -0.1) is 0 Å². The van der Waals surface area contributed by atoms with Crippen LogP contribution in [0, 0.1) is 23.7 Å². The van der Waals surface area contributed by atoms with E-state index in [4.69, 9.17) is 0 Å². The minimum atomic E-state index is 0.419. The van der Waals surface area contributed by atoms with Crippen LogP contribution in [-0.2, 0) is 4.79 Å². The third kappa shape index (κ3) is 4.33. The van der Waals surface area contributed by atoms with Gasteiger partial charge in [-0.25, -0.2) is 0 Å². The normalized spacial score (nSPS) is 35.2. The lowest BCUT2D eigenvalue weighted by Crippen LogP contribution is -2.31. The van der Waals surface area contributed by atoms with Crippen LogP contribution < -0.4 is 0 Å². The van der Waals surface area contributed by atoms with Crippen LogP contribution in [-0.4, -0.2) is 5.78 Å². The van der Waals surface area contributed by atoms with Crippen LogP contribution in [0.2, 0.25) is 0 Å². The number of Topliss-reactive ketones (excluding diaryl/α,β-unsaturated/α-hetero) is 1. The fourth-order valence-corrected chi connectivity index (χ4v) is 4.62. The summed E-state index contributed by atoms with van der Waals surface area (Å²) in [4.78, 5) is 12.3. The molecule has 0 aromatic carbocycles. The Morgan fingerprint density at radius 3 is 2.15 bits per heavy atom. The third-order valence-electron chi connectivity index (χ3n) is 5.97. The second-order valence-electron chi connectivity index (χ2n) is 7.42. The Labute approximate surface area is 125 Å². The average molecular weight is 278 g/mol. The van der Waals surface area contributed by atoms with Gasteiger partial charge >= 0.3 is 0 Å². The monoisotopic (exact) mass is 278 g/mol. The zero-order valence-electron chi connectivity index (χ0n) is 13.7. The maximum atomic E-state index is 12.3. The summed E-state index contributed by atoms with van der Waals surface area (Å²) in [5.41, 5.74) is 0. The quantitative estimate of drug-likeness (QED) is 0.603. The number of carbonyl (C=O) groups is 1. The summed E-state index contributed by atoms with van der Waals surface area (Å²) in [6.45, 7) is 4.53. The highest BCUT2D eigenvalue weighted by molar-refractivity contribution is 5.81. The van der Waals surface area contributed by atoms with Crippen LogP contribution >= 0.6 is 0 Å². The van der Waals surface area contributed by atoms with Crippen LogP contribution in [0.15, 0.2) is 0 Å². The first-order chi connectivity index (χ1) is 9.74. The lowest BCUT2D eigenvalue weighted by Gasteiger charge is -2.37. The predicted molar refractivity (Wildman–Crippen MR) is 85.7 cm³/mol. The zero-order chi connectivity index (χ0) is 14.4. The van der Waals surface area contributed by atoms with Crippen molar-refractivity contribution in [3.05, 3.63) is 0 Å². The molecule has 0 saturated heterocycles. The van der Waals surface area contributed by atoms with E-state index in [0.717, 1.165) is 30.6 Å². The minimum Gasteiger partial charge on any atom is -0.299 e. The molecule has 0 aromatic rings. The lowest BCUT2D eigenvalue weighted by molar-refractivity contribution is -0.127. The van der Waals surface area contributed by atoms with Crippen molar-refractivity contribution in [1.29, 1.82) is 0 Å². The van der Waals surface area contributed by atoms with Crippen molar-refractivity contribution in [3.63, 3.8) is 0 Å². The average Bonchev–Trinajstić information content (AvgIpc) is 2.47. The molecule has 1 heteroatoms. The summed E-state index contributed by atoms with van der Waals surface area (Å²) in [6.07, 6.45) is 15.5. The Balaban J connectivity index is 1.74. The van der Waals surface area contributed by atoms with Crippen molar-refractivity contribution in [1.82, 2.24) is 0 Å². The van der Waals surface area contributed by atoms with Gasteiger partial charge in [0.15, 0.2) is 0 Å². The molecule has 0 aromatic heterocycles. The van der Waals surface area contributed by atoms with Crippen LogP contribution in [0.25, 0.3) is 0 Å². The molecule has 0 heterocycles. The second-order valence-corrected chi connectivity index (χ2v) is 7.42. The largest absolute Gasteiger partial charge is 0.299 e. The van der Waals surface area contributed by atoms with E-state index >= 15 is 0 Å². The van der Waals surface area contributed by atoms with E-state index in [9.17, 15) is 4.79 Å². The highest BCUT2D eigenvalue weighted by Crippen LogP contribution is 2.41. The van der Waals surface area contributed by atoms with E-state index < -0.39 is 0 Å². The van der Waals surface area contributed by atoms with E-state index in [0.29, 0.717) is 11.7 Å². The molecule has 2 aliphatic carbocycles. The van der Waals surface area contributed by atoms with Gasteiger partial charge in [0.1, 0.15) is 5.78 Å². The molecule has 20 heavy (non-hydrogen) atoms. The van der Waals surface area contributed by atoms with Crippen molar-refractivity contribution >= 4 is 5.78 Å². The van der Waals surface area contributed by atoms with E-state index in [2.05, 4.69) is 13.8 Å². The maximum absolute atomic E-state index is 12.3. The summed E-state index contributed by atoms with van der Waals surface area (Å²) < 4.78 is 0. The van der Waals surface area contributed by atoms with Crippen LogP contribution in [0.5, 0.6) is 0 Å². The molecule has 0 spiro atoms.